The van der Waals surface area contributed by atoms with E-state index in [1.807, 2.05) is 27.7 Å². The predicted octanol–water partition coefficient (Wildman–Crippen LogP) is 4.54. The smallest absolute Gasteiger partial charge is 0.415 e. The summed E-state index contributed by atoms with van der Waals surface area (Å²) in [5.74, 6) is 1.55. The summed E-state index contributed by atoms with van der Waals surface area (Å²) in [6, 6.07) is 6.69. The number of rotatable bonds is 8. The van der Waals surface area contributed by atoms with Crippen LogP contribution in [0.2, 0.25) is 0 Å². The van der Waals surface area contributed by atoms with Gasteiger partial charge < -0.3 is 28.7 Å². The zero-order chi connectivity index (χ0) is 22.3. The van der Waals surface area contributed by atoms with Crippen LogP contribution in [0.1, 0.15) is 27.7 Å². The molecule has 0 aliphatic heterocycles. The fourth-order valence-electron chi connectivity index (χ4n) is 3.09. The van der Waals surface area contributed by atoms with Gasteiger partial charge in [-0.15, -0.1) is 0 Å². The third-order valence-corrected chi connectivity index (χ3v) is 4.83. The molecule has 0 heterocycles. The van der Waals surface area contributed by atoms with Crippen molar-refractivity contribution in [2.75, 3.05) is 40.4 Å². The first-order valence-corrected chi connectivity index (χ1v) is 10.0. The van der Waals surface area contributed by atoms with Gasteiger partial charge in [0.15, 0.2) is 0 Å². The highest BCUT2D eigenvalue weighted by atomic mass is 16.6. The van der Waals surface area contributed by atoms with Gasteiger partial charge in [0, 0.05) is 38.3 Å². The maximum Gasteiger partial charge on any atom is 0.415 e. The maximum atomic E-state index is 12.6. The number of hydrogen-bond donors (Lipinski definition) is 0. The lowest BCUT2D eigenvalue weighted by Gasteiger charge is -2.21. The lowest BCUT2D eigenvalue weighted by molar-refractivity contribution is 0.156. The number of carbonyl (C=O) groups is 2. The van der Waals surface area contributed by atoms with Gasteiger partial charge in [-0.05, 0) is 45.2 Å². The third kappa shape index (κ3) is 5.06. The van der Waals surface area contributed by atoms with Crippen molar-refractivity contribution >= 4 is 23.0 Å². The molecule has 0 unspecified atom stereocenters. The van der Waals surface area contributed by atoms with Crippen molar-refractivity contribution < 1.29 is 28.5 Å². The summed E-state index contributed by atoms with van der Waals surface area (Å²) in [5.41, 5.74) is 0. The van der Waals surface area contributed by atoms with E-state index in [2.05, 4.69) is 0 Å². The molecule has 2 aromatic rings. The minimum atomic E-state index is -0.494. The maximum absolute atomic E-state index is 12.6. The highest BCUT2D eigenvalue weighted by molar-refractivity contribution is 5.97. The molecule has 8 heteroatoms. The Kier molecular flexibility index (Phi) is 8.15. The molecule has 0 bridgehead atoms. The second-order valence-corrected chi connectivity index (χ2v) is 6.43. The van der Waals surface area contributed by atoms with Crippen molar-refractivity contribution in [1.82, 2.24) is 9.80 Å². The van der Waals surface area contributed by atoms with Gasteiger partial charge in [0.2, 0.25) is 0 Å². The zero-order valence-electron chi connectivity index (χ0n) is 18.5. The van der Waals surface area contributed by atoms with Crippen molar-refractivity contribution in [3.05, 3.63) is 24.3 Å². The van der Waals surface area contributed by atoms with E-state index in [1.54, 1.807) is 35.1 Å². The van der Waals surface area contributed by atoms with Gasteiger partial charge in [0.05, 0.1) is 19.6 Å². The number of carbonyl (C=O) groups excluding carboxylic acids is 2. The molecule has 0 fully saturated rings. The Morgan fingerprint density at radius 2 is 1.20 bits per heavy atom. The summed E-state index contributed by atoms with van der Waals surface area (Å²) >= 11 is 0. The molecule has 0 saturated carbocycles. The van der Waals surface area contributed by atoms with Crippen molar-refractivity contribution in [2.45, 2.75) is 27.7 Å². The Balaban J connectivity index is 2.59. The monoisotopic (exact) mass is 418 g/mol. The van der Waals surface area contributed by atoms with E-state index in [0.717, 1.165) is 0 Å². The van der Waals surface area contributed by atoms with Crippen molar-refractivity contribution in [3.63, 3.8) is 0 Å². The first-order chi connectivity index (χ1) is 14.4. The fraction of sp³-hybridized carbons (Fsp3) is 0.455. The van der Waals surface area contributed by atoms with Gasteiger partial charge in [0.25, 0.3) is 0 Å². The first kappa shape index (κ1) is 23.1. The average molecular weight is 418 g/mol. The topological polar surface area (TPSA) is 77.5 Å². The Morgan fingerprint density at radius 1 is 0.700 bits per heavy atom. The molecule has 2 aromatic carbocycles. The Hall–Kier alpha value is -3.16. The van der Waals surface area contributed by atoms with Gasteiger partial charge in [-0.1, -0.05) is 0 Å². The summed E-state index contributed by atoms with van der Waals surface area (Å²) in [4.78, 5) is 28.1. The molecule has 2 amide bonds. The second-order valence-electron chi connectivity index (χ2n) is 6.43. The number of ether oxygens (including phenoxy) is 4. The Labute approximate surface area is 177 Å². The average Bonchev–Trinajstić information content (AvgIpc) is 2.74. The third-order valence-electron chi connectivity index (χ3n) is 4.83. The summed E-state index contributed by atoms with van der Waals surface area (Å²) in [5, 5.41) is 1.24. The molecule has 0 N–H and O–H groups in total. The number of methoxy groups -OCH3 is 2. The van der Waals surface area contributed by atoms with Crippen LogP contribution in [0.15, 0.2) is 24.3 Å². The van der Waals surface area contributed by atoms with Crippen LogP contribution < -0.4 is 18.9 Å². The first-order valence-electron chi connectivity index (χ1n) is 10.0. The Bertz CT molecular complexity index is 891. The van der Waals surface area contributed by atoms with Gasteiger partial charge in [-0.25, -0.2) is 9.59 Å². The summed E-state index contributed by atoms with van der Waals surface area (Å²) in [7, 11) is 3.07. The molecular formula is C22H30N2O6. The molecule has 8 nitrogen and oxygen atoms in total. The van der Waals surface area contributed by atoms with E-state index in [1.165, 1.54) is 13.2 Å². The van der Waals surface area contributed by atoms with Crippen LogP contribution in [-0.4, -0.2) is 62.4 Å². The van der Waals surface area contributed by atoms with E-state index < -0.39 is 12.2 Å². The molecular weight excluding hydrogens is 388 g/mol. The molecule has 0 radical (unpaired) electrons. The predicted molar refractivity (Wildman–Crippen MR) is 115 cm³/mol. The molecule has 0 spiro atoms. The molecule has 0 aromatic heterocycles. The summed E-state index contributed by atoms with van der Waals surface area (Å²) < 4.78 is 22.1. The van der Waals surface area contributed by atoms with Gasteiger partial charge in [-0.2, -0.15) is 0 Å². The van der Waals surface area contributed by atoms with Crippen LogP contribution in [0.3, 0.4) is 0 Å². The lowest BCUT2D eigenvalue weighted by atomic mass is 10.1. The molecule has 30 heavy (non-hydrogen) atoms. The van der Waals surface area contributed by atoms with Gasteiger partial charge >= 0.3 is 12.2 Å². The fourth-order valence-corrected chi connectivity index (χ4v) is 3.09. The van der Waals surface area contributed by atoms with Crippen molar-refractivity contribution in [1.29, 1.82) is 0 Å². The highest BCUT2D eigenvalue weighted by Crippen LogP contribution is 2.40. The number of benzene rings is 2. The standard InChI is InChI=1S/C22H30N2O6/c1-7-23(8-2)21(25)29-17-12-15-11-16(27-5)13-18(28-6)20(15)19(14-17)30-22(26)24(9-3)10-4/h11-14H,7-10H2,1-6H3. The number of nitrogens with zero attached hydrogens (tertiary/aromatic N) is 2. The summed E-state index contributed by atoms with van der Waals surface area (Å²) in [6.07, 6.45) is -0.971. The van der Waals surface area contributed by atoms with E-state index in [0.29, 0.717) is 48.5 Å². The van der Waals surface area contributed by atoms with E-state index >= 15 is 0 Å². The molecule has 0 atom stereocenters. The van der Waals surface area contributed by atoms with Crippen LogP contribution in [-0.2, 0) is 0 Å². The van der Waals surface area contributed by atoms with E-state index in [-0.39, 0.29) is 11.5 Å². The van der Waals surface area contributed by atoms with Crippen LogP contribution in [0.4, 0.5) is 9.59 Å². The molecule has 0 aliphatic carbocycles. The van der Waals surface area contributed by atoms with Crippen LogP contribution in [0, 0.1) is 0 Å². The zero-order valence-corrected chi connectivity index (χ0v) is 18.5. The molecule has 0 saturated heterocycles. The highest BCUT2D eigenvalue weighted by Gasteiger charge is 2.20. The number of fused-ring (bicyclic) bond motifs is 1. The molecule has 0 aliphatic rings. The number of amides is 2. The van der Waals surface area contributed by atoms with Crippen molar-refractivity contribution in [3.8, 4) is 23.0 Å². The minimum absolute atomic E-state index is 0.242. The quantitative estimate of drug-likeness (QED) is 0.626. The van der Waals surface area contributed by atoms with Crippen molar-refractivity contribution in [2.24, 2.45) is 0 Å². The minimum Gasteiger partial charge on any atom is -0.497 e. The normalized spacial score (nSPS) is 10.5. The SMILES string of the molecule is CCN(CC)C(=O)Oc1cc(OC(=O)N(CC)CC)c2c(OC)cc(OC)cc2c1. The second kappa shape index (κ2) is 10.6. The summed E-state index contributed by atoms with van der Waals surface area (Å²) in [6.45, 7) is 9.55. The van der Waals surface area contributed by atoms with Crippen LogP contribution in [0.5, 0.6) is 23.0 Å². The van der Waals surface area contributed by atoms with Crippen LogP contribution in [0.25, 0.3) is 10.8 Å². The largest absolute Gasteiger partial charge is 0.497 e. The molecule has 164 valence electrons. The number of hydrogen-bond acceptors (Lipinski definition) is 6. The van der Waals surface area contributed by atoms with E-state index in [9.17, 15) is 9.59 Å². The van der Waals surface area contributed by atoms with Crippen LogP contribution >= 0.6 is 0 Å². The van der Waals surface area contributed by atoms with Gasteiger partial charge in [-0.3, -0.25) is 0 Å². The molecule has 2 rings (SSSR count). The lowest BCUT2D eigenvalue weighted by Crippen LogP contribution is -2.33. The Morgan fingerprint density at radius 3 is 1.70 bits per heavy atom. The van der Waals surface area contributed by atoms with Gasteiger partial charge in [0.1, 0.15) is 23.0 Å². The van der Waals surface area contributed by atoms with E-state index in [4.69, 9.17) is 18.9 Å².